The molecule has 7 nitrogen and oxygen atoms in total. The number of aliphatic carboxylic acids is 1. The van der Waals surface area contributed by atoms with Crippen LogP contribution in [0.3, 0.4) is 0 Å². The van der Waals surface area contributed by atoms with Crippen molar-refractivity contribution in [1.82, 2.24) is 16.0 Å². The van der Waals surface area contributed by atoms with Crippen LogP contribution in [0.15, 0.2) is 0 Å². The van der Waals surface area contributed by atoms with Gasteiger partial charge in [0.25, 0.3) is 0 Å². The van der Waals surface area contributed by atoms with Gasteiger partial charge in [0.05, 0.1) is 5.92 Å². The fourth-order valence-corrected chi connectivity index (χ4v) is 1.28. The monoisotopic (exact) mass is 287 g/mol. The summed E-state index contributed by atoms with van der Waals surface area (Å²) in [5.41, 5.74) is 0. The van der Waals surface area contributed by atoms with Gasteiger partial charge in [-0.2, -0.15) is 0 Å². The number of hydrogen-bond donors (Lipinski definition) is 4. The Hall–Kier alpha value is -1.79. The number of rotatable bonds is 9. The Morgan fingerprint density at radius 2 is 1.60 bits per heavy atom. The number of urea groups is 1. The quantitative estimate of drug-likeness (QED) is 0.497. The summed E-state index contributed by atoms with van der Waals surface area (Å²) in [6, 6.07) is -0.390. The molecule has 116 valence electrons. The van der Waals surface area contributed by atoms with E-state index in [1.165, 1.54) is 0 Å². The van der Waals surface area contributed by atoms with Crippen molar-refractivity contribution >= 4 is 17.9 Å². The molecule has 3 amide bonds. The third kappa shape index (κ3) is 10.2. The summed E-state index contributed by atoms with van der Waals surface area (Å²) in [7, 11) is 0. The summed E-state index contributed by atoms with van der Waals surface area (Å²) < 4.78 is 0. The number of hydrogen-bond acceptors (Lipinski definition) is 3. The van der Waals surface area contributed by atoms with Crippen LogP contribution < -0.4 is 16.0 Å². The van der Waals surface area contributed by atoms with Crippen LogP contribution in [0.1, 0.15) is 33.6 Å². The van der Waals surface area contributed by atoms with Crippen molar-refractivity contribution in [3.05, 3.63) is 0 Å². The maximum absolute atomic E-state index is 11.4. The van der Waals surface area contributed by atoms with Gasteiger partial charge in [0.2, 0.25) is 5.91 Å². The molecule has 0 aromatic carbocycles. The second-order valence-electron chi connectivity index (χ2n) is 5.16. The molecule has 0 fully saturated rings. The van der Waals surface area contributed by atoms with E-state index in [2.05, 4.69) is 16.0 Å². The average molecular weight is 287 g/mol. The molecule has 0 spiro atoms. The zero-order chi connectivity index (χ0) is 15.5. The van der Waals surface area contributed by atoms with E-state index >= 15 is 0 Å². The van der Waals surface area contributed by atoms with Crippen molar-refractivity contribution in [2.24, 2.45) is 11.8 Å². The first-order valence-electron chi connectivity index (χ1n) is 6.84. The van der Waals surface area contributed by atoms with Gasteiger partial charge in [-0.3, -0.25) is 9.59 Å². The highest BCUT2D eigenvalue weighted by Crippen LogP contribution is 1.99. The summed E-state index contributed by atoms with van der Waals surface area (Å²) in [6.07, 6.45) is 0.600. The SMILES string of the molecule is CC(C)CNC(=O)CCNC(=O)NCCC(C)C(=O)O. The lowest BCUT2D eigenvalue weighted by atomic mass is 10.1. The molecule has 0 saturated carbocycles. The molecule has 0 aliphatic heterocycles. The first-order chi connectivity index (χ1) is 9.32. The molecule has 1 atom stereocenters. The van der Waals surface area contributed by atoms with Crippen LogP contribution in [0.4, 0.5) is 4.79 Å². The fraction of sp³-hybridized carbons (Fsp3) is 0.769. The van der Waals surface area contributed by atoms with Crippen molar-refractivity contribution in [3.63, 3.8) is 0 Å². The van der Waals surface area contributed by atoms with Gasteiger partial charge < -0.3 is 21.1 Å². The van der Waals surface area contributed by atoms with E-state index in [0.717, 1.165) is 0 Å². The van der Waals surface area contributed by atoms with E-state index < -0.39 is 11.9 Å². The zero-order valence-corrected chi connectivity index (χ0v) is 12.4. The highest BCUT2D eigenvalue weighted by molar-refractivity contribution is 5.78. The standard InChI is InChI=1S/C13H25N3O4/c1-9(2)8-16-11(17)5-7-15-13(20)14-6-4-10(3)12(18)19/h9-10H,4-8H2,1-3H3,(H,16,17)(H,18,19)(H2,14,15,20). The average Bonchev–Trinajstić information content (AvgIpc) is 2.36. The van der Waals surface area contributed by atoms with Crippen LogP contribution >= 0.6 is 0 Å². The van der Waals surface area contributed by atoms with Crippen molar-refractivity contribution in [2.75, 3.05) is 19.6 Å². The molecule has 0 radical (unpaired) electrons. The topological polar surface area (TPSA) is 108 Å². The normalized spacial score (nSPS) is 11.8. The van der Waals surface area contributed by atoms with Gasteiger partial charge in [-0.05, 0) is 12.3 Å². The van der Waals surface area contributed by atoms with Gasteiger partial charge >= 0.3 is 12.0 Å². The predicted molar refractivity (Wildman–Crippen MR) is 75.3 cm³/mol. The van der Waals surface area contributed by atoms with Gasteiger partial charge in [-0.15, -0.1) is 0 Å². The van der Waals surface area contributed by atoms with Crippen LogP contribution in [0.25, 0.3) is 0 Å². The largest absolute Gasteiger partial charge is 0.481 e. The van der Waals surface area contributed by atoms with Crippen LogP contribution in [0, 0.1) is 11.8 Å². The number of amides is 3. The number of carbonyl (C=O) groups excluding carboxylic acids is 2. The van der Waals surface area contributed by atoms with Crippen molar-refractivity contribution < 1.29 is 19.5 Å². The lowest BCUT2D eigenvalue weighted by Gasteiger charge is -2.10. The molecule has 0 aromatic heterocycles. The molecule has 0 aromatic rings. The summed E-state index contributed by atoms with van der Waals surface area (Å²) in [5, 5.41) is 16.5. The Labute approximate surface area is 119 Å². The molecule has 1 unspecified atom stereocenters. The van der Waals surface area contributed by atoms with Crippen LogP contribution in [-0.2, 0) is 9.59 Å². The smallest absolute Gasteiger partial charge is 0.314 e. The minimum Gasteiger partial charge on any atom is -0.481 e. The van der Waals surface area contributed by atoms with Gasteiger partial charge in [0.1, 0.15) is 0 Å². The maximum Gasteiger partial charge on any atom is 0.314 e. The number of carboxylic acids is 1. The Morgan fingerprint density at radius 3 is 2.15 bits per heavy atom. The minimum absolute atomic E-state index is 0.0986. The van der Waals surface area contributed by atoms with Crippen LogP contribution in [0.2, 0.25) is 0 Å². The molecule has 0 saturated heterocycles. The third-order valence-electron chi connectivity index (χ3n) is 2.63. The van der Waals surface area contributed by atoms with E-state index in [9.17, 15) is 14.4 Å². The Balaban J connectivity index is 3.58. The summed E-state index contributed by atoms with van der Waals surface area (Å²) in [4.78, 5) is 33.3. The number of nitrogens with one attached hydrogen (secondary N) is 3. The lowest BCUT2D eigenvalue weighted by Crippen LogP contribution is -2.39. The second kappa shape index (κ2) is 10.1. The first kappa shape index (κ1) is 18.2. The van der Waals surface area contributed by atoms with E-state index in [1.807, 2.05) is 13.8 Å². The molecule has 7 heteroatoms. The Kier molecular flexibility index (Phi) is 9.15. The predicted octanol–water partition coefficient (Wildman–Crippen LogP) is 0.559. The van der Waals surface area contributed by atoms with Crippen molar-refractivity contribution in [2.45, 2.75) is 33.6 Å². The summed E-state index contributed by atoms with van der Waals surface area (Å²) in [5.74, 6) is -1.07. The molecule has 0 rings (SSSR count). The van der Waals surface area contributed by atoms with Crippen molar-refractivity contribution in [3.8, 4) is 0 Å². The number of carboxylic acid groups (broad SMARTS) is 1. The first-order valence-corrected chi connectivity index (χ1v) is 6.84. The molecular weight excluding hydrogens is 262 g/mol. The minimum atomic E-state index is -0.881. The van der Waals surface area contributed by atoms with E-state index in [1.54, 1.807) is 6.92 Å². The molecule has 20 heavy (non-hydrogen) atoms. The van der Waals surface area contributed by atoms with Gasteiger partial charge in [-0.1, -0.05) is 20.8 Å². The van der Waals surface area contributed by atoms with E-state index in [4.69, 9.17) is 5.11 Å². The molecular formula is C13H25N3O4. The molecule has 0 aliphatic carbocycles. The van der Waals surface area contributed by atoms with Crippen LogP contribution in [0.5, 0.6) is 0 Å². The second-order valence-corrected chi connectivity index (χ2v) is 5.16. The van der Waals surface area contributed by atoms with Gasteiger partial charge in [-0.25, -0.2) is 4.79 Å². The van der Waals surface area contributed by atoms with E-state index in [-0.39, 0.29) is 24.9 Å². The molecule has 4 N–H and O–H groups in total. The van der Waals surface area contributed by atoms with Crippen LogP contribution in [-0.4, -0.2) is 42.6 Å². The zero-order valence-electron chi connectivity index (χ0n) is 12.4. The summed E-state index contributed by atoms with van der Waals surface area (Å²) >= 11 is 0. The number of carbonyl (C=O) groups is 3. The fourth-order valence-electron chi connectivity index (χ4n) is 1.28. The maximum atomic E-state index is 11.4. The summed E-state index contributed by atoms with van der Waals surface area (Å²) in [6.45, 7) is 6.76. The van der Waals surface area contributed by atoms with Crippen molar-refractivity contribution in [1.29, 1.82) is 0 Å². The Bertz CT molecular complexity index is 332. The molecule has 0 heterocycles. The molecule has 0 aliphatic rings. The van der Waals surface area contributed by atoms with Gasteiger partial charge in [0, 0.05) is 26.1 Å². The lowest BCUT2D eigenvalue weighted by molar-refractivity contribution is -0.141. The van der Waals surface area contributed by atoms with Gasteiger partial charge in [0.15, 0.2) is 0 Å². The highest BCUT2D eigenvalue weighted by Gasteiger charge is 2.10. The van der Waals surface area contributed by atoms with E-state index in [0.29, 0.717) is 25.4 Å². The molecule has 0 bridgehead atoms. The highest BCUT2D eigenvalue weighted by atomic mass is 16.4. The third-order valence-corrected chi connectivity index (χ3v) is 2.63. The Morgan fingerprint density at radius 1 is 1.00 bits per heavy atom.